The van der Waals surface area contributed by atoms with Crippen LogP contribution in [0, 0.1) is 5.82 Å². The smallest absolute Gasteiger partial charge is 0.168 e. The van der Waals surface area contributed by atoms with E-state index >= 15 is 0 Å². The normalized spacial score (nSPS) is 9.77. The van der Waals surface area contributed by atoms with E-state index in [0.717, 1.165) is 6.07 Å². The van der Waals surface area contributed by atoms with Crippen LogP contribution in [0.5, 0.6) is 0 Å². The quantitative estimate of drug-likeness (QED) is 0.740. The fourth-order valence-electron chi connectivity index (χ4n) is 0.785. The predicted molar refractivity (Wildman–Crippen MR) is 56.8 cm³/mol. The van der Waals surface area contributed by atoms with Crippen molar-refractivity contribution in [2.75, 3.05) is 5.32 Å². The van der Waals surface area contributed by atoms with Crippen molar-refractivity contribution in [1.29, 1.82) is 0 Å². The van der Waals surface area contributed by atoms with Crippen LogP contribution in [0.4, 0.5) is 10.1 Å². The average Bonchev–Trinajstić information content (AvgIpc) is 1.96. The highest BCUT2D eigenvalue weighted by Gasteiger charge is 2.08. The Morgan fingerprint density at radius 3 is 2.54 bits per heavy atom. The van der Waals surface area contributed by atoms with Crippen LogP contribution in [-0.4, -0.2) is 5.11 Å². The van der Waals surface area contributed by atoms with Gasteiger partial charge in [0, 0.05) is 5.02 Å². The second kappa shape index (κ2) is 4.09. The molecule has 0 unspecified atom stereocenters. The molecule has 1 aromatic rings. The summed E-state index contributed by atoms with van der Waals surface area (Å²) >= 11 is 15.8. The lowest BCUT2D eigenvalue weighted by atomic mass is 10.3. The lowest BCUT2D eigenvalue weighted by Crippen LogP contribution is -2.19. The van der Waals surface area contributed by atoms with Gasteiger partial charge in [-0.15, -0.1) is 0 Å². The molecule has 1 rings (SSSR count). The van der Waals surface area contributed by atoms with E-state index in [1.165, 1.54) is 6.07 Å². The standard InChI is InChI=1S/C7H5Cl2FN2S/c8-3-1-4(9)6(5(10)2-3)12-7(11)13/h1-2H,(H3,11,12,13). The van der Waals surface area contributed by atoms with Crippen molar-refractivity contribution in [3.05, 3.63) is 28.0 Å². The summed E-state index contributed by atoms with van der Waals surface area (Å²) in [6, 6.07) is 2.51. The highest BCUT2D eigenvalue weighted by atomic mass is 35.5. The van der Waals surface area contributed by atoms with Gasteiger partial charge in [0.05, 0.1) is 10.7 Å². The van der Waals surface area contributed by atoms with Gasteiger partial charge in [0.25, 0.3) is 0 Å². The molecule has 0 spiro atoms. The van der Waals surface area contributed by atoms with Crippen LogP contribution in [0.1, 0.15) is 0 Å². The van der Waals surface area contributed by atoms with Gasteiger partial charge in [-0.3, -0.25) is 0 Å². The number of anilines is 1. The summed E-state index contributed by atoms with van der Waals surface area (Å²) in [7, 11) is 0. The Labute approximate surface area is 89.8 Å². The maximum atomic E-state index is 13.1. The van der Waals surface area contributed by atoms with E-state index in [1.807, 2.05) is 0 Å². The molecule has 0 aliphatic carbocycles. The van der Waals surface area contributed by atoms with E-state index in [-0.39, 0.29) is 20.8 Å². The number of hydrogen-bond acceptors (Lipinski definition) is 1. The number of nitrogens with two attached hydrogens (primary N) is 1. The van der Waals surface area contributed by atoms with E-state index in [1.54, 1.807) is 0 Å². The Balaban J connectivity index is 3.13. The largest absolute Gasteiger partial charge is 0.376 e. The Morgan fingerprint density at radius 2 is 2.08 bits per heavy atom. The lowest BCUT2D eigenvalue weighted by Gasteiger charge is -2.07. The zero-order valence-electron chi connectivity index (χ0n) is 6.27. The van der Waals surface area contributed by atoms with Gasteiger partial charge in [-0.2, -0.15) is 0 Å². The van der Waals surface area contributed by atoms with Crippen molar-refractivity contribution in [2.24, 2.45) is 5.73 Å². The molecule has 0 aliphatic heterocycles. The Bertz CT molecular complexity index is 333. The molecular formula is C7H5Cl2FN2S. The van der Waals surface area contributed by atoms with E-state index < -0.39 is 5.82 Å². The van der Waals surface area contributed by atoms with Crippen LogP contribution in [0.3, 0.4) is 0 Å². The molecule has 70 valence electrons. The van der Waals surface area contributed by atoms with Gasteiger partial charge in [0.1, 0.15) is 5.82 Å². The minimum Gasteiger partial charge on any atom is -0.376 e. The number of hydrogen-bond donors (Lipinski definition) is 2. The Hall–Kier alpha value is -0.580. The Morgan fingerprint density at radius 1 is 1.46 bits per heavy atom. The van der Waals surface area contributed by atoms with Crippen LogP contribution < -0.4 is 11.1 Å². The first kappa shape index (κ1) is 10.5. The van der Waals surface area contributed by atoms with E-state index in [4.69, 9.17) is 28.9 Å². The minimum atomic E-state index is -0.592. The number of benzene rings is 1. The van der Waals surface area contributed by atoms with Gasteiger partial charge in [-0.05, 0) is 24.4 Å². The maximum absolute atomic E-state index is 13.1. The van der Waals surface area contributed by atoms with E-state index in [2.05, 4.69) is 17.5 Å². The molecule has 0 aromatic heterocycles. The first-order chi connectivity index (χ1) is 6.00. The van der Waals surface area contributed by atoms with Gasteiger partial charge in [0.15, 0.2) is 5.11 Å². The van der Waals surface area contributed by atoms with Crippen LogP contribution in [0.25, 0.3) is 0 Å². The molecule has 0 saturated carbocycles. The summed E-state index contributed by atoms with van der Waals surface area (Å²) in [6.45, 7) is 0. The summed E-state index contributed by atoms with van der Waals surface area (Å²) in [6.07, 6.45) is 0. The molecule has 6 heteroatoms. The fourth-order valence-corrected chi connectivity index (χ4v) is 1.40. The lowest BCUT2D eigenvalue weighted by molar-refractivity contribution is 0.632. The van der Waals surface area contributed by atoms with Crippen molar-refractivity contribution in [3.8, 4) is 0 Å². The highest BCUT2D eigenvalue weighted by Crippen LogP contribution is 2.28. The zero-order chi connectivity index (χ0) is 10.0. The third-order valence-electron chi connectivity index (χ3n) is 1.26. The van der Waals surface area contributed by atoms with Crippen LogP contribution in [0.2, 0.25) is 10.0 Å². The summed E-state index contributed by atoms with van der Waals surface area (Å²) in [5.41, 5.74) is 5.20. The van der Waals surface area contributed by atoms with Crippen molar-refractivity contribution in [3.63, 3.8) is 0 Å². The summed E-state index contributed by atoms with van der Waals surface area (Å²) in [5.74, 6) is -0.592. The van der Waals surface area contributed by atoms with Crippen LogP contribution in [-0.2, 0) is 0 Å². The van der Waals surface area contributed by atoms with Gasteiger partial charge in [-0.25, -0.2) is 4.39 Å². The number of rotatable bonds is 1. The van der Waals surface area contributed by atoms with E-state index in [0.29, 0.717) is 0 Å². The maximum Gasteiger partial charge on any atom is 0.168 e. The van der Waals surface area contributed by atoms with Crippen molar-refractivity contribution < 1.29 is 4.39 Å². The van der Waals surface area contributed by atoms with Gasteiger partial charge in [0.2, 0.25) is 0 Å². The van der Waals surface area contributed by atoms with Gasteiger partial charge < -0.3 is 11.1 Å². The first-order valence-electron chi connectivity index (χ1n) is 3.21. The highest BCUT2D eigenvalue weighted by molar-refractivity contribution is 7.80. The van der Waals surface area contributed by atoms with E-state index in [9.17, 15) is 4.39 Å². The molecule has 0 bridgehead atoms. The van der Waals surface area contributed by atoms with Crippen molar-refractivity contribution >= 4 is 46.2 Å². The minimum absolute atomic E-state index is 0.0403. The summed E-state index contributed by atoms with van der Waals surface area (Å²) < 4.78 is 13.1. The predicted octanol–water partition coefficient (Wildman–Crippen LogP) is 2.79. The number of halogens is 3. The Kier molecular flexibility index (Phi) is 3.30. The molecule has 0 fully saturated rings. The number of nitrogens with one attached hydrogen (secondary N) is 1. The monoisotopic (exact) mass is 238 g/mol. The zero-order valence-corrected chi connectivity index (χ0v) is 8.60. The molecule has 0 atom stereocenters. The summed E-state index contributed by atoms with van der Waals surface area (Å²) in [5, 5.41) is 2.71. The third kappa shape index (κ3) is 2.69. The third-order valence-corrected chi connectivity index (χ3v) is 1.87. The number of thiocarbonyl (C=S) groups is 1. The molecule has 3 N–H and O–H groups in total. The second-order valence-electron chi connectivity index (χ2n) is 2.23. The molecular weight excluding hydrogens is 234 g/mol. The second-order valence-corrected chi connectivity index (χ2v) is 3.52. The molecule has 0 heterocycles. The molecule has 0 aliphatic rings. The van der Waals surface area contributed by atoms with Gasteiger partial charge in [-0.1, -0.05) is 23.2 Å². The topological polar surface area (TPSA) is 38.0 Å². The first-order valence-corrected chi connectivity index (χ1v) is 4.38. The van der Waals surface area contributed by atoms with Crippen LogP contribution in [0.15, 0.2) is 12.1 Å². The fraction of sp³-hybridized carbons (Fsp3) is 0. The molecule has 0 saturated heterocycles. The van der Waals surface area contributed by atoms with Crippen molar-refractivity contribution in [2.45, 2.75) is 0 Å². The SMILES string of the molecule is NC(=S)Nc1c(F)cc(Cl)cc1Cl. The van der Waals surface area contributed by atoms with Crippen molar-refractivity contribution in [1.82, 2.24) is 0 Å². The molecule has 13 heavy (non-hydrogen) atoms. The van der Waals surface area contributed by atoms with Gasteiger partial charge >= 0.3 is 0 Å². The molecule has 1 aromatic carbocycles. The molecule has 2 nitrogen and oxygen atoms in total. The summed E-state index contributed by atoms with van der Waals surface area (Å²) in [4.78, 5) is 0. The molecule has 0 radical (unpaired) electrons. The average molecular weight is 239 g/mol. The molecule has 0 amide bonds. The van der Waals surface area contributed by atoms with Crippen LogP contribution >= 0.6 is 35.4 Å².